The van der Waals surface area contributed by atoms with Gasteiger partial charge in [-0.3, -0.25) is 0 Å². The molecule has 0 saturated heterocycles. The predicted molar refractivity (Wildman–Crippen MR) is 71.2 cm³/mol. The smallest absolute Gasteiger partial charge is 0.240 e. The van der Waals surface area contributed by atoms with Crippen LogP contribution in [-0.2, 0) is 10.0 Å². The molecule has 0 aliphatic carbocycles. The second-order valence-corrected chi connectivity index (χ2v) is 7.02. The fourth-order valence-electron chi connectivity index (χ4n) is 1.56. The lowest BCUT2D eigenvalue weighted by atomic mass is 10.3. The molecule has 2 N–H and O–H groups in total. The Morgan fingerprint density at radius 2 is 2.22 bits per heavy atom. The molecule has 1 unspecified atom stereocenters. The Bertz CT molecular complexity index is 664. The van der Waals surface area contributed by atoms with Crippen molar-refractivity contribution >= 4 is 31.6 Å². The molecule has 2 aromatic rings. The van der Waals surface area contributed by atoms with E-state index in [0.717, 1.165) is 15.2 Å². The van der Waals surface area contributed by atoms with Crippen LogP contribution in [0.25, 0.3) is 10.2 Å². The van der Waals surface area contributed by atoms with E-state index in [1.165, 1.54) is 17.4 Å². The summed E-state index contributed by atoms with van der Waals surface area (Å²) in [6.45, 7) is 3.25. The van der Waals surface area contributed by atoms with Crippen LogP contribution in [0.15, 0.2) is 23.1 Å². The molecule has 0 fully saturated rings. The lowest BCUT2D eigenvalue weighted by molar-refractivity contribution is 0.265. The molecule has 0 radical (unpaired) electrons. The summed E-state index contributed by atoms with van der Waals surface area (Å²) in [5, 5.41) is 9.78. The molecule has 1 atom stereocenters. The Kier molecular flexibility index (Phi) is 3.67. The topological polar surface area (TPSA) is 79.3 Å². The number of hydrogen-bond donors (Lipinski definition) is 2. The standard InChI is InChI=1S/C11H14N2O3S2/c1-7(6-14)13-18(15,16)9-3-4-10-11(5-9)17-8(2)12-10/h3-5,7,13-14H,6H2,1-2H3. The highest BCUT2D eigenvalue weighted by Crippen LogP contribution is 2.24. The van der Waals surface area contributed by atoms with Crippen LogP contribution in [0.2, 0.25) is 0 Å². The Morgan fingerprint density at radius 1 is 1.50 bits per heavy atom. The molecule has 0 bridgehead atoms. The first-order valence-electron chi connectivity index (χ1n) is 5.43. The summed E-state index contributed by atoms with van der Waals surface area (Å²) in [5.74, 6) is 0. The summed E-state index contributed by atoms with van der Waals surface area (Å²) in [6, 6.07) is 4.31. The molecular formula is C11H14N2O3S2. The average Bonchev–Trinajstić information content (AvgIpc) is 2.67. The Morgan fingerprint density at radius 3 is 2.89 bits per heavy atom. The van der Waals surface area contributed by atoms with E-state index < -0.39 is 16.1 Å². The zero-order valence-corrected chi connectivity index (χ0v) is 11.7. The molecule has 0 spiro atoms. The number of aryl methyl sites for hydroxylation is 1. The van der Waals surface area contributed by atoms with Crippen LogP contribution < -0.4 is 4.72 Å². The minimum Gasteiger partial charge on any atom is -0.395 e. The van der Waals surface area contributed by atoms with E-state index >= 15 is 0 Å². The monoisotopic (exact) mass is 286 g/mol. The third kappa shape index (κ3) is 2.69. The van der Waals surface area contributed by atoms with Gasteiger partial charge in [0, 0.05) is 6.04 Å². The number of thiazole rings is 1. The molecule has 0 aliphatic rings. The molecule has 0 saturated carbocycles. The van der Waals surface area contributed by atoms with E-state index in [9.17, 15) is 8.42 Å². The summed E-state index contributed by atoms with van der Waals surface area (Å²) < 4.78 is 27.3. The predicted octanol–water partition coefficient (Wildman–Crippen LogP) is 1.26. The van der Waals surface area contributed by atoms with Gasteiger partial charge in [-0.1, -0.05) is 0 Å². The summed E-state index contributed by atoms with van der Waals surface area (Å²) in [7, 11) is -3.58. The number of nitrogens with one attached hydrogen (secondary N) is 1. The van der Waals surface area contributed by atoms with Crippen LogP contribution in [0.3, 0.4) is 0 Å². The van der Waals surface area contributed by atoms with Crippen molar-refractivity contribution in [2.75, 3.05) is 6.61 Å². The summed E-state index contributed by atoms with van der Waals surface area (Å²) in [4.78, 5) is 4.47. The van der Waals surface area contributed by atoms with Crippen molar-refractivity contribution in [3.8, 4) is 0 Å². The number of aromatic nitrogens is 1. The minimum atomic E-state index is -3.58. The first-order valence-corrected chi connectivity index (χ1v) is 7.73. The number of sulfonamides is 1. The first kappa shape index (κ1) is 13.4. The van der Waals surface area contributed by atoms with Crippen molar-refractivity contribution < 1.29 is 13.5 Å². The first-order chi connectivity index (χ1) is 8.42. The molecule has 18 heavy (non-hydrogen) atoms. The van der Waals surface area contributed by atoms with Gasteiger partial charge in [-0.05, 0) is 32.0 Å². The number of aliphatic hydroxyl groups is 1. The third-order valence-corrected chi connectivity index (χ3v) is 4.93. The van der Waals surface area contributed by atoms with Crippen molar-refractivity contribution in [1.82, 2.24) is 9.71 Å². The number of hydrogen-bond acceptors (Lipinski definition) is 5. The maximum absolute atomic E-state index is 12.0. The summed E-state index contributed by atoms with van der Waals surface area (Å²) in [6.07, 6.45) is 0. The zero-order valence-electron chi connectivity index (χ0n) is 10.0. The van der Waals surface area contributed by atoms with Crippen molar-refractivity contribution in [3.63, 3.8) is 0 Å². The second-order valence-electron chi connectivity index (χ2n) is 4.07. The molecule has 0 amide bonds. The van der Waals surface area contributed by atoms with Gasteiger partial charge in [0.1, 0.15) is 0 Å². The van der Waals surface area contributed by atoms with Gasteiger partial charge in [-0.2, -0.15) is 0 Å². The van der Waals surface area contributed by atoms with Crippen LogP contribution >= 0.6 is 11.3 Å². The zero-order chi connectivity index (χ0) is 13.3. The largest absolute Gasteiger partial charge is 0.395 e. The molecule has 7 heteroatoms. The normalized spacial score (nSPS) is 13.9. The minimum absolute atomic E-state index is 0.193. The average molecular weight is 286 g/mol. The number of rotatable bonds is 4. The van der Waals surface area contributed by atoms with E-state index in [1.807, 2.05) is 6.92 Å². The summed E-state index contributed by atoms with van der Waals surface area (Å²) >= 11 is 1.45. The summed E-state index contributed by atoms with van der Waals surface area (Å²) in [5.41, 5.74) is 0.798. The highest BCUT2D eigenvalue weighted by Gasteiger charge is 2.17. The molecule has 2 rings (SSSR count). The molecule has 1 heterocycles. The van der Waals surface area contributed by atoms with Gasteiger partial charge >= 0.3 is 0 Å². The van der Waals surface area contributed by atoms with Gasteiger partial charge in [-0.25, -0.2) is 18.1 Å². The molecule has 98 valence electrons. The number of benzene rings is 1. The highest BCUT2D eigenvalue weighted by molar-refractivity contribution is 7.89. The second kappa shape index (κ2) is 4.93. The molecular weight excluding hydrogens is 272 g/mol. The number of aliphatic hydroxyl groups excluding tert-OH is 1. The fourth-order valence-corrected chi connectivity index (χ4v) is 3.76. The molecule has 1 aromatic heterocycles. The Balaban J connectivity index is 2.41. The Labute approximate surface area is 110 Å². The maximum atomic E-state index is 12.0. The van der Waals surface area contributed by atoms with Crippen LogP contribution in [0.1, 0.15) is 11.9 Å². The quantitative estimate of drug-likeness (QED) is 0.887. The van der Waals surface area contributed by atoms with E-state index in [0.29, 0.717) is 0 Å². The van der Waals surface area contributed by atoms with Gasteiger partial charge < -0.3 is 5.11 Å². The SMILES string of the molecule is Cc1nc2ccc(S(=O)(=O)NC(C)CO)cc2s1. The number of nitrogens with zero attached hydrogens (tertiary/aromatic N) is 1. The maximum Gasteiger partial charge on any atom is 0.240 e. The van der Waals surface area contributed by atoms with E-state index in [2.05, 4.69) is 9.71 Å². The molecule has 1 aromatic carbocycles. The van der Waals surface area contributed by atoms with Crippen LogP contribution in [0.4, 0.5) is 0 Å². The lowest BCUT2D eigenvalue weighted by Gasteiger charge is -2.11. The third-order valence-electron chi connectivity index (χ3n) is 2.41. The van der Waals surface area contributed by atoms with E-state index in [-0.39, 0.29) is 11.5 Å². The van der Waals surface area contributed by atoms with Crippen LogP contribution in [0.5, 0.6) is 0 Å². The lowest BCUT2D eigenvalue weighted by Crippen LogP contribution is -2.34. The van der Waals surface area contributed by atoms with Crippen molar-refractivity contribution in [2.24, 2.45) is 0 Å². The number of fused-ring (bicyclic) bond motifs is 1. The van der Waals surface area contributed by atoms with Gasteiger partial charge in [0.2, 0.25) is 10.0 Å². The van der Waals surface area contributed by atoms with E-state index in [1.54, 1.807) is 19.1 Å². The molecule has 0 aliphatic heterocycles. The van der Waals surface area contributed by atoms with Crippen molar-refractivity contribution in [3.05, 3.63) is 23.2 Å². The van der Waals surface area contributed by atoms with Crippen molar-refractivity contribution in [1.29, 1.82) is 0 Å². The van der Waals surface area contributed by atoms with E-state index in [4.69, 9.17) is 5.11 Å². The van der Waals surface area contributed by atoms with Crippen LogP contribution in [-0.4, -0.2) is 31.2 Å². The van der Waals surface area contributed by atoms with Gasteiger partial charge in [-0.15, -0.1) is 11.3 Å². The Hall–Kier alpha value is -1.02. The molecule has 5 nitrogen and oxygen atoms in total. The fraction of sp³-hybridized carbons (Fsp3) is 0.364. The van der Waals surface area contributed by atoms with Gasteiger partial charge in [0.25, 0.3) is 0 Å². The van der Waals surface area contributed by atoms with Crippen LogP contribution in [0, 0.1) is 6.92 Å². The van der Waals surface area contributed by atoms with Crippen molar-refractivity contribution in [2.45, 2.75) is 24.8 Å². The van der Waals surface area contributed by atoms with Gasteiger partial charge in [0.05, 0.1) is 26.7 Å². The van der Waals surface area contributed by atoms with Gasteiger partial charge in [0.15, 0.2) is 0 Å². The highest BCUT2D eigenvalue weighted by atomic mass is 32.2.